The van der Waals surface area contributed by atoms with E-state index in [4.69, 9.17) is 0 Å². The molecule has 16 heavy (non-hydrogen) atoms. The zero-order valence-electron chi connectivity index (χ0n) is 10.9. The molecule has 0 amide bonds. The van der Waals surface area contributed by atoms with E-state index in [-0.39, 0.29) is 0 Å². The van der Waals surface area contributed by atoms with Gasteiger partial charge >= 0.3 is 0 Å². The number of carbonyl (C=O) groups is 1. The summed E-state index contributed by atoms with van der Waals surface area (Å²) >= 11 is 0. The van der Waals surface area contributed by atoms with Crippen molar-refractivity contribution in [1.29, 1.82) is 0 Å². The van der Waals surface area contributed by atoms with Gasteiger partial charge in [0.15, 0.2) is 0 Å². The summed E-state index contributed by atoms with van der Waals surface area (Å²) in [6.07, 6.45) is 15.9. The van der Waals surface area contributed by atoms with Crippen molar-refractivity contribution in [3.8, 4) is 0 Å². The van der Waals surface area contributed by atoms with Gasteiger partial charge in [0.05, 0.1) is 0 Å². The van der Waals surface area contributed by atoms with E-state index in [1.165, 1.54) is 64.1 Å². The highest BCUT2D eigenvalue weighted by Gasteiger charge is 2.19. The van der Waals surface area contributed by atoms with Crippen molar-refractivity contribution in [2.75, 3.05) is 0 Å². The minimum atomic E-state index is 0.390. The van der Waals surface area contributed by atoms with Crippen LogP contribution in [0.5, 0.6) is 0 Å². The molecule has 1 fully saturated rings. The van der Waals surface area contributed by atoms with E-state index in [1.807, 2.05) is 0 Å². The molecule has 1 rings (SSSR count). The summed E-state index contributed by atoms with van der Waals surface area (Å²) in [5, 5.41) is 0. The lowest BCUT2D eigenvalue weighted by atomic mass is 9.80. The molecule has 0 saturated heterocycles. The predicted molar refractivity (Wildman–Crippen MR) is 69.5 cm³/mol. The third kappa shape index (κ3) is 5.67. The Bertz CT molecular complexity index is 168. The molecule has 0 aromatic heterocycles. The second kappa shape index (κ2) is 8.78. The molecule has 0 N–H and O–H groups in total. The van der Waals surface area contributed by atoms with Crippen LogP contribution < -0.4 is 0 Å². The zero-order valence-corrected chi connectivity index (χ0v) is 10.9. The summed E-state index contributed by atoms with van der Waals surface area (Å²) in [4.78, 5) is 10.6. The van der Waals surface area contributed by atoms with Crippen LogP contribution in [0.3, 0.4) is 0 Å². The Labute approximate surface area is 101 Å². The van der Waals surface area contributed by atoms with Crippen LogP contribution in [0.15, 0.2) is 0 Å². The van der Waals surface area contributed by atoms with Gasteiger partial charge < -0.3 is 4.79 Å². The second-order valence-corrected chi connectivity index (χ2v) is 5.47. The average Bonchev–Trinajstić information content (AvgIpc) is 2.34. The maximum atomic E-state index is 10.6. The number of carbonyl (C=O) groups excluding carboxylic acids is 1. The minimum Gasteiger partial charge on any atom is -0.303 e. The van der Waals surface area contributed by atoms with Crippen molar-refractivity contribution in [3.63, 3.8) is 0 Å². The van der Waals surface area contributed by atoms with Gasteiger partial charge in [-0.1, -0.05) is 51.9 Å². The highest BCUT2D eigenvalue weighted by Crippen LogP contribution is 2.31. The highest BCUT2D eigenvalue weighted by molar-refractivity contribution is 5.53. The lowest BCUT2D eigenvalue weighted by molar-refractivity contribution is -0.112. The van der Waals surface area contributed by atoms with Gasteiger partial charge in [0.1, 0.15) is 6.29 Å². The van der Waals surface area contributed by atoms with E-state index >= 15 is 0 Å². The van der Waals surface area contributed by atoms with Crippen LogP contribution in [0.4, 0.5) is 0 Å². The Kier molecular flexibility index (Phi) is 7.54. The van der Waals surface area contributed by atoms with E-state index in [0.717, 1.165) is 18.8 Å². The molecule has 1 aliphatic rings. The summed E-state index contributed by atoms with van der Waals surface area (Å²) < 4.78 is 0. The Morgan fingerprint density at radius 3 is 2.19 bits per heavy atom. The highest BCUT2D eigenvalue weighted by atomic mass is 16.1. The van der Waals surface area contributed by atoms with E-state index < -0.39 is 0 Å². The van der Waals surface area contributed by atoms with Gasteiger partial charge in [-0.05, 0) is 31.6 Å². The Balaban J connectivity index is 1.92. The molecule has 0 aromatic carbocycles. The first-order valence-corrected chi connectivity index (χ1v) is 7.32. The molecule has 1 nitrogen and oxygen atoms in total. The first-order valence-electron chi connectivity index (χ1n) is 7.32. The number of aldehydes is 1. The molecule has 1 heteroatoms. The molecular formula is C15H28O. The van der Waals surface area contributed by atoms with Gasteiger partial charge in [0, 0.05) is 5.92 Å². The van der Waals surface area contributed by atoms with Crippen LogP contribution in [0.2, 0.25) is 0 Å². The Morgan fingerprint density at radius 1 is 0.938 bits per heavy atom. The third-order valence-electron chi connectivity index (χ3n) is 4.05. The fraction of sp³-hybridized carbons (Fsp3) is 0.933. The molecule has 0 aliphatic heterocycles. The van der Waals surface area contributed by atoms with Crippen molar-refractivity contribution in [1.82, 2.24) is 0 Å². The summed E-state index contributed by atoms with van der Waals surface area (Å²) in [7, 11) is 0. The summed E-state index contributed by atoms with van der Waals surface area (Å²) in [5.41, 5.74) is 0. The average molecular weight is 224 g/mol. The Morgan fingerprint density at radius 2 is 1.56 bits per heavy atom. The maximum Gasteiger partial charge on any atom is 0.123 e. The predicted octanol–water partition coefficient (Wildman–Crippen LogP) is 4.74. The summed E-state index contributed by atoms with van der Waals surface area (Å²) in [6, 6.07) is 0. The van der Waals surface area contributed by atoms with Gasteiger partial charge in [-0.2, -0.15) is 0 Å². The standard InChI is InChI=1S/C15H28O/c1-2-3-4-5-6-7-8-14-9-11-15(13-16)12-10-14/h13-15H,2-12H2,1H3. The quantitative estimate of drug-likeness (QED) is 0.430. The topological polar surface area (TPSA) is 17.1 Å². The molecule has 0 heterocycles. The van der Waals surface area contributed by atoms with Crippen molar-refractivity contribution in [3.05, 3.63) is 0 Å². The first-order chi connectivity index (χ1) is 7.86. The molecular weight excluding hydrogens is 196 g/mol. The zero-order chi connectivity index (χ0) is 11.6. The largest absolute Gasteiger partial charge is 0.303 e. The molecule has 1 aliphatic carbocycles. The number of unbranched alkanes of at least 4 members (excludes halogenated alkanes) is 5. The molecule has 0 unspecified atom stereocenters. The van der Waals surface area contributed by atoms with Crippen LogP contribution in [0, 0.1) is 11.8 Å². The van der Waals surface area contributed by atoms with Crippen LogP contribution in [0.25, 0.3) is 0 Å². The number of hydrogen-bond acceptors (Lipinski definition) is 1. The van der Waals surface area contributed by atoms with E-state index in [1.54, 1.807) is 0 Å². The molecule has 0 atom stereocenters. The van der Waals surface area contributed by atoms with Crippen LogP contribution in [-0.4, -0.2) is 6.29 Å². The fourth-order valence-corrected chi connectivity index (χ4v) is 2.83. The lowest BCUT2D eigenvalue weighted by Gasteiger charge is -2.25. The van der Waals surface area contributed by atoms with Crippen LogP contribution in [-0.2, 0) is 4.79 Å². The number of rotatable bonds is 8. The van der Waals surface area contributed by atoms with Gasteiger partial charge in [0.25, 0.3) is 0 Å². The lowest BCUT2D eigenvalue weighted by Crippen LogP contribution is -2.15. The smallest absolute Gasteiger partial charge is 0.123 e. The van der Waals surface area contributed by atoms with E-state index in [2.05, 4.69) is 6.92 Å². The second-order valence-electron chi connectivity index (χ2n) is 5.47. The van der Waals surface area contributed by atoms with Crippen LogP contribution >= 0.6 is 0 Å². The molecule has 1 saturated carbocycles. The number of hydrogen-bond donors (Lipinski definition) is 0. The monoisotopic (exact) mass is 224 g/mol. The Hall–Kier alpha value is -0.330. The molecule has 0 radical (unpaired) electrons. The van der Waals surface area contributed by atoms with Gasteiger partial charge in [-0.25, -0.2) is 0 Å². The molecule has 0 bridgehead atoms. The van der Waals surface area contributed by atoms with E-state index in [9.17, 15) is 4.79 Å². The van der Waals surface area contributed by atoms with Crippen molar-refractivity contribution >= 4 is 6.29 Å². The normalized spacial score (nSPS) is 25.6. The molecule has 0 aromatic rings. The fourth-order valence-electron chi connectivity index (χ4n) is 2.83. The van der Waals surface area contributed by atoms with Gasteiger partial charge in [0.2, 0.25) is 0 Å². The third-order valence-corrected chi connectivity index (χ3v) is 4.05. The van der Waals surface area contributed by atoms with Crippen molar-refractivity contribution < 1.29 is 4.79 Å². The summed E-state index contributed by atoms with van der Waals surface area (Å²) in [5.74, 6) is 1.32. The molecule has 0 spiro atoms. The van der Waals surface area contributed by atoms with Crippen molar-refractivity contribution in [2.45, 2.75) is 77.6 Å². The first kappa shape index (κ1) is 13.7. The summed E-state index contributed by atoms with van der Waals surface area (Å²) in [6.45, 7) is 2.27. The molecule has 94 valence electrons. The van der Waals surface area contributed by atoms with Crippen LogP contribution in [0.1, 0.15) is 77.6 Å². The van der Waals surface area contributed by atoms with Gasteiger partial charge in [-0.3, -0.25) is 0 Å². The van der Waals surface area contributed by atoms with Crippen molar-refractivity contribution in [2.24, 2.45) is 11.8 Å². The minimum absolute atomic E-state index is 0.390. The van der Waals surface area contributed by atoms with E-state index in [0.29, 0.717) is 5.92 Å². The maximum absolute atomic E-state index is 10.6. The SMILES string of the molecule is CCCCCCCCC1CCC(C=O)CC1. The van der Waals surface area contributed by atoms with Gasteiger partial charge in [-0.15, -0.1) is 0 Å².